The van der Waals surface area contributed by atoms with Gasteiger partial charge in [0.2, 0.25) is 0 Å². The van der Waals surface area contributed by atoms with Gasteiger partial charge in [0.25, 0.3) is 0 Å². The number of ether oxygens (including phenoxy) is 2. The minimum Gasteiger partial charge on any atom is -0.486 e. The fourth-order valence-corrected chi connectivity index (χ4v) is 2.41. The molecule has 1 aliphatic heterocycles. The first-order valence-corrected chi connectivity index (χ1v) is 6.27. The summed E-state index contributed by atoms with van der Waals surface area (Å²) in [6.45, 7) is 4.47. The van der Waals surface area contributed by atoms with Crippen molar-refractivity contribution in [3.05, 3.63) is 35.4 Å². The van der Waals surface area contributed by atoms with Crippen LogP contribution in [-0.4, -0.2) is 33.8 Å². The molecule has 3 rings (SSSR count). The number of carboxylic acids is 1. The number of aromatic nitrogens is 2. The van der Waals surface area contributed by atoms with Crippen LogP contribution < -0.4 is 9.47 Å². The van der Waals surface area contributed by atoms with E-state index < -0.39 is 5.97 Å². The molecule has 1 aromatic carbocycles. The molecule has 0 atom stereocenters. The molecule has 1 aliphatic rings. The average molecular weight is 274 g/mol. The fourth-order valence-electron chi connectivity index (χ4n) is 2.41. The second-order valence-electron chi connectivity index (χ2n) is 4.56. The van der Waals surface area contributed by atoms with E-state index >= 15 is 0 Å². The van der Waals surface area contributed by atoms with E-state index in [4.69, 9.17) is 9.47 Å². The molecule has 2 heterocycles. The molecular weight excluding hydrogens is 260 g/mol. The second-order valence-corrected chi connectivity index (χ2v) is 4.56. The van der Waals surface area contributed by atoms with E-state index in [1.165, 1.54) is 0 Å². The van der Waals surface area contributed by atoms with Crippen LogP contribution in [0.2, 0.25) is 0 Å². The minimum absolute atomic E-state index is 0.166. The van der Waals surface area contributed by atoms with Crippen molar-refractivity contribution in [3.63, 3.8) is 0 Å². The molecule has 6 heteroatoms. The Morgan fingerprint density at radius 3 is 2.65 bits per heavy atom. The average Bonchev–Trinajstić information content (AvgIpc) is 2.73. The highest BCUT2D eigenvalue weighted by Gasteiger charge is 2.21. The van der Waals surface area contributed by atoms with E-state index in [0.29, 0.717) is 41.9 Å². The molecular formula is C14H14N2O4. The van der Waals surface area contributed by atoms with E-state index in [2.05, 4.69) is 4.98 Å². The van der Waals surface area contributed by atoms with Gasteiger partial charge in [0.15, 0.2) is 17.2 Å². The number of rotatable bonds is 2. The Kier molecular flexibility index (Phi) is 2.85. The lowest BCUT2D eigenvalue weighted by molar-refractivity contribution is 0.0687. The van der Waals surface area contributed by atoms with Crippen LogP contribution >= 0.6 is 0 Å². The van der Waals surface area contributed by atoms with Crippen LogP contribution in [0.1, 0.15) is 22.0 Å². The number of hydrogen-bond donors (Lipinski definition) is 1. The lowest BCUT2D eigenvalue weighted by atomic mass is 10.2. The van der Waals surface area contributed by atoms with Crippen LogP contribution in [0.3, 0.4) is 0 Å². The maximum Gasteiger partial charge on any atom is 0.354 e. The lowest BCUT2D eigenvalue weighted by Gasteiger charge is -2.19. The summed E-state index contributed by atoms with van der Waals surface area (Å²) in [5, 5.41) is 9.34. The third-order valence-corrected chi connectivity index (χ3v) is 3.21. The standard InChI is InChI=1S/C14H14N2O4/c1-8-13(14(17)18)16(9(2)15-8)10-3-4-11-12(7-10)20-6-5-19-11/h3-4,7H,5-6H2,1-2H3,(H,17,18). The van der Waals surface area contributed by atoms with Crippen LogP contribution in [0, 0.1) is 13.8 Å². The predicted molar refractivity (Wildman–Crippen MR) is 71.0 cm³/mol. The molecule has 2 aromatic rings. The minimum atomic E-state index is -1.00. The molecule has 0 radical (unpaired) electrons. The fraction of sp³-hybridized carbons (Fsp3) is 0.286. The molecule has 0 unspecified atom stereocenters. The van der Waals surface area contributed by atoms with Crippen molar-refractivity contribution in [2.45, 2.75) is 13.8 Å². The van der Waals surface area contributed by atoms with Crippen molar-refractivity contribution < 1.29 is 19.4 Å². The van der Waals surface area contributed by atoms with Gasteiger partial charge in [-0.05, 0) is 26.0 Å². The quantitative estimate of drug-likeness (QED) is 0.906. The SMILES string of the molecule is Cc1nc(C)n(-c2ccc3c(c2)OCCO3)c1C(=O)O. The molecule has 0 aliphatic carbocycles. The molecule has 1 N–H and O–H groups in total. The van der Waals surface area contributed by atoms with E-state index in [0.717, 1.165) is 0 Å². The zero-order chi connectivity index (χ0) is 14.3. The van der Waals surface area contributed by atoms with E-state index in [9.17, 15) is 9.90 Å². The number of fused-ring (bicyclic) bond motifs is 1. The van der Waals surface area contributed by atoms with Crippen LogP contribution in [-0.2, 0) is 0 Å². The van der Waals surface area contributed by atoms with Gasteiger partial charge in [-0.2, -0.15) is 0 Å². The molecule has 20 heavy (non-hydrogen) atoms. The maximum atomic E-state index is 11.4. The monoisotopic (exact) mass is 274 g/mol. The summed E-state index contributed by atoms with van der Waals surface area (Å²) >= 11 is 0. The highest BCUT2D eigenvalue weighted by atomic mass is 16.6. The van der Waals surface area contributed by atoms with Crippen molar-refractivity contribution in [3.8, 4) is 17.2 Å². The van der Waals surface area contributed by atoms with Crippen LogP contribution in [0.25, 0.3) is 5.69 Å². The molecule has 6 nitrogen and oxygen atoms in total. The first-order chi connectivity index (χ1) is 9.58. The van der Waals surface area contributed by atoms with Gasteiger partial charge in [0, 0.05) is 6.07 Å². The number of aromatic carboxylic acids is 1. The topological polar surface area (TPSA) is 73.6 Å². The summed E-state index contributed by atoms with van der Waals surface area (Å²) in [7, 11) is 0. The van der Waals surface area contributed by atoms with Crippen molar-refractivity contribution in [2.75, 3.05) is 13.2 Å². The van der Waals surface area contributed by atoms with Gasteiger partial charge in [0.05, 0.1) is 11.4 Å². The van der Waals surface area contributed by atoms with Gasteiger partial charge in [-0.1, -0.05) is 0 Å². The Morgan fingerprint density at radius 1 is 1.25 bits per heavy atom. The summed E-state index contributed by atoms with van der Waals surface area (Å²) in [5.74, 6) is 0.914. The third kappa shape index (κ3) is 1.89. The smallest absolute Gasteiger partial charge is 0.354 e. The zero-order valence-electron chi connectivity index (χ0n) is 11.2. The number of carboxylic acid groups (broad SMARTS) is 1. The number of hydrogen-bond acceptors (Lipinski definition) is 4. The maximum absolute atomic E-state index is 11.4. The first kappa shape index (κ1) is 12.5. The largest absolute Gasteiger partial charge is 0.486 e. The third-order valence-electron chi connectivity index (χ3n) is 3.21. The summed E-state index contributed by atoms with van der Waals surface area (Å²) in [6.07, 6.45) is 0. The number of nitrogens with zero attached hydrogens (tertiary/aromatic N) is 2. The van der Waals surface area contributed by atoms with Crippen LogP contribution in [0.15, 0.2) is 18.2 Å². The van der Waals surface area contributed by atoms with E-state index in [1.54, 1.807) is 36.6 Å². The molecule has 104 valence electrons. The Labute approximate surface area is 115 Å². The van der Waals surface area contributed by atoms with E-state index in [-0.39, 0.29) is 5.69 Å². The Bertz CT molecular complexity index is 691. The van der Waals surface area contributed by atoms with Crippen molar-refractivity contribution in [1.29, 1.82) is 0 Å². The number of carbonyl (C=O) groups is 1. The highest BCUT2D eigenvalue weighted by Crippen LogP contribution is 2.33. The van der Waals surface area contributed by atoms with Gasteiger partial charge >= 0.3 is 5.97 Å². The number of aryl methyl sites for hydroxylation is 2. The predicted octanol–water partition coefficient (Wildman–Crippen LogP) is 1.96. The molecule has 0 bridgehead atoms. The number of imidazole rings is 1. The Hall–Kier alpha value is -2.50. The lowest BCUT2D eigenvalue weighted by Crippen LogP contribution is -2.16. The Morgan fingerprint density at radius 2 is 1.95 bits per heavy atom. The number of benzene rings is 1. The van der Waals surface area contributed by atoms with E-state index in [1.807, 2.05) is 0 Å². The molecule has 0 saturated carbocycles. The van der Waals surface area contributed by atoms with Crippen LogP contribution in [0.4, 0.5) is 0 Å². The zero-order valence-corrected chi connectivity index (χ0v) is 11.2. The summed E-state index contributed by atoms with van der Waals surface area (Å²) in [6, 6.07) is 5.35. The van der Waals surface area contributed by atoms with Crippen molar-refractivity contribution in [2.24, 2.45) is 0 Å². The van der Waals surface area contributed by atoms with Crippen LogP contribution in [0.5, 0.6) is 11.5 Å². The van der Waals surface area contributed by atoms with Crippen molar-refractivity contribution in [1.82, 2.24) is 9.55 Å². The normalized spacial score (nSPS) is 13.3. The molecule has 0 amide bonds. The Balaban J connectivity index is 2.16. The van der Waals surface area contributed by atoms with Crippen molar-refractivity contribution >= 4 is 5.97 Å². The summed E-state index contributed by atoms with van der Waals surface area (Å²) in [4.78, 5) is 15.6. The van der Waals surface area contributed by atoms with Gasteiger partial charge in [-0.25, -0.2) is 9.78 Å². The van der Waals surface area contributed by atoms with Gasteiger partial charge in [0.1, 0.15) is 19.0 Å². The molecule has 1 aromatic heterocycles. The van der Waals surface area contributed by atoms with Gasteiger partial charge < -0.3 is 14.6 Å². The van der Waals surface area contributed by atoms with Gasteiger partial charge in [-0.3, -0.25) is 4.57 Å². The second kappa shape index (κ2) is 4.56. The molecule has 0 fully saturated rings. The molecule has 0 saturated heterocycles. The molecule has 0 spiro atoms. The summed E-state index contributed by atoms with van der Waals surface area (Å²) < 4.78 is 12.6. The van der Waals surface area contributed by atoms with Gasteiger partial charge in [-0.15, -0.1) is 0 Å². The first-order valence-electron chi connectivity index (χ1n) is 6.27. The highest BCUT2D eigenvalue weighted by molar-refractivity contribution is 5.88. The summed E-state index contributed by atoms with van der Waals surface area (Å²) in [5.41, 5.74) is 1.36.